The number of rotatable bonds is 7. The van der Waals surface area contributed by atoms with Gasteiger partial charge in [0.1, 0.15) is 11.7 Å². The van der Waals surface area contributed by atoms with Gasteiger partial charge in [-0.2, -0.15) is 11.8 Å². The van der Waals surface area contributed by atoms with Crippen LogP contribution in [-0.4, -0.2) is 53.0 Å². The molecule has 7 heteroatoms. The standard InChI is InChI=1S/C13H18N2O4S/c1-20-7-4-10(12(16)17)14-5-2-9-3-6-15-11(8-9)13(18)19/h2,5,8,10,15H,3-4,6-7H2,1H3,(H,16,17)(H,18,19). The van der Waals surface area contributed by atoms with Crippen molar-refractivity contribution in [1.82, 2.24) is 5.32 Å². The second-order valence-electron chi connectivity index (χ2n) is 4.22. The van der Waals surface area contributed by atoms with Gasteiger partial charge in [-0.15, -0.1) is 0 Å². The predicted octanol–water partition coefficient (Wildman–Crippen LogP) is 1.15. The van der Waals surface area contributed by atoms with Crippen molar-refractivity contribution in [2.45, 2.75) is 18.9 Å². The Morgan fingerprint density at radius 2 is 2.30 bits per heavy atom. The van der Waals surface area contributed by atoms with Gasteiger partial charge < -0.3 is 15.5 Å². The van der Waals surface area contributed by atoms with E-state index < -0.39 is 18.0 Å². The second-order valence-corrected chi connectivity index (χ2v) is 5.20. The van der Waals surface area contributed by atoms with Gasteiger partial charge in [-0.05, 0) is 42.6 Å². The fourth-order valence-corrected chi connectivity index (χ4v) is 2.11. The fourth-order valence-electron chi connectivity index (χ4n) is 1.65. The lowest BCUT2D eigenvalue weighted by atomic mass is 10.1. The van der Waals surface area contributed by atoms with Crippen LogP contribution in [0.3, 0.4) is 0 Å². The van der Waals surface area contributed by atoms with Crippen molar-refractivity contribution in [2.24, 2.45) is 4.99 Å². The minimum Gasteiger partial charge on any atom is -0.480 e. The first-order chi connectivity index (χ1) is 9.54. The number of carbonyl (C=O) groups is 2. The third kappa shape index (κ3) is 5.48. The first-order valence-electron chi connectivity index (χ1n) is 6.17. The number of nitrogens with zero attached hydrogens (tertiary/aromatic N) is 1. The van der Waals surface area contributed by atoms with E-state index in [0.717, 1.165) is 11.3 Å². The molecule has 0 aromatic rings. The van der Waals surface area contributed by atoms with Crippen LogP contribution in [0.15, 0.2) is 28.4 Å². The molecule has 110 valence electrons. The lowest BCUT2D eigenvalue weighted by Crippen LogP contribution is -2.25. The van der Waals surface area contributed by atoms with E-state index in [1.807, 2.05) is 6.26 Å². The highest BCUT2D eigenvalue weighted by atomic mass is 32.2. The summed E-state index contributed by atoms with van der Waals surface area (Å²) < 4.78 is 0. The molecule has 0 saturated carbocycles. The average Bonchev–Trinajstić information content (AvgIpc) is 2.42. The first kappa shape index (κ1) is 16.3. The van der Waals surface area contributed by atoms with Crippen LogP contribution >= 0.6 is 11.8 Å². The molecule has 0 aromatic heterocycles. The van der Waals surface area contributed by atoms with Gasteiger partial charge in [0.2, 0.25) is 0 Å². The molecule has 0 spiro atoms. The average molecular weight is 298 g/mol. The number of thioether (sulfide) groups is 1. The topological polar surface area (TPSA) is 99.0 Å². The molecule has 3 N–H and O–H groups in total. The minimum absolute atomic E-state index is 0.146. The van der Waals surface area contributed by atoms with Crippen LogP contribution in [0, 0.1) is 0 Å². The Balaban J connectivity index is 2.69. The summed E-state index contributed by atoms with van der Waals surface area (Å²) in [5, 5.41) is 20.6. The van der Waals surface area contributed by atoms with E-state index in [2.05, 4.69) is 10.3 Å². The van der Waals surface area contributed by atoms with Crippen molar-refractivity contribution >= 4 is 29.9 Å². The molecule has 1 rings (SSSR count). The summed E-state index contributed by atoms with van der Waals surface area (Å²) in [7, 11) is 0. The van der Waals surface area contributed by atoms with E-state index in [1.54, 1.807) is 17.8 Å². The van der Waals surface area contributed by atoms with Gasteiger partial charge in [0.05, 0.1) is 0 Å². The van der Waals surface area contributed by atoms with Crippen molar-refractivity contribution in [3.8, 4) is 0 Å². The van der Waals surface area contributed by atoms with Gasteiger partial charge in [0, 0.05) is 12.8 Å². The molecule has 0 fully saturated rings. The summed E-state index contributed by atoms with van der Waals surface area (Å²) in [6, 6.07) is -0.746. The minimum atomic E-state index is -1.00. The lowest BCUT2D eigenvalue weighted by molar-refractivity contribution is -0.138. The normalized spacial score (nSPS) is 18.6. The van der Waals surface area contributed by atoms with E-state index in [1.165, 1.54) is 12.3 Å². The quantitative estimate of drug-likeness (QED) is 0.610. The molecular formula is C13H18N2O4S. The van der Waals surface area contributed by atoms with Gasteiger partial charge in [0.25, 0.3) is 0 Å². The molecule has 0 saturated heterocycles. The van der Waals surface area contributed by atoms with Crippen LogP contribution in [-0.2, 0) is 9.59 Å². The van der Waals surface area contributed by atoms with Crippen molar-refractivity contribution < 1.29 is 19.8 Å². The SMILES string of the molecule is CSCCC(N=CC=C1C=C(C(=O)O)NCC1)C(=O)O. The highest BCUT2D eigenvalue weighted by Crippen LogP contribution is 2.11. The van der Waals surface area contributed by atoms with Crippen LogP contribution < -0.4 is 5.32 Å². The van der Waals surface area contributed by atoms with Crippen LogP contribution in [0.1, 0.15) is 12.8 Å². The zero-order chi connectivity index (χ0) is 15.0. The largest absolute Gasteiger partial charge is 0.480 e. The van der Waals surface area contributed by atoms with Crippen LogP contribution in [0.25, 0.3) is 0 Å². The number of nitrogens with one attached hydrogen (secondary N) is 1. The maximum atomic E-state index is 11.0. The van der Waals surface area contributed by atoms with Gasteiger partial charge in [-0.1, -0.05) is 0 Å². The number of hydrogen-bond donors (Lipinski definition) is 3. The van der Waals surface area contributed by atoms with Gasteiger partial charge in [-0.3, -0.25) is 4.99 Å². The first-order valence-corrected chi connectivity index (χ1v) is 7.57. The number of aliphatic carboxylic acids is 2. The molecule has 1 heterocycles. The maximum absolute atomic E-state index is 11.0. The number of aliphatic imine (C=N–C) groups is 1. The van der Waals surface area contributed by atoms with Crippen LogP contribution in [0.2, 0.25) is 0 Å². The Labute approximate surface area is 121 Å². The number of allylic oxidation sites excluding steroid dienone is 2. The van der Waals surface area contributed by atoms with Crippen LogP contribution in [0.4, 0.5) is 0 Å². The number of carboxylic acid groups (broad SMARTS) is 2. The van der Waals surface area contributed by atoms with Gasteiger partial charge >= 0.3 is 11.9 Å². The molecule has 6 nitrogen and oxygen atoms in total. The summed E-state index contributed by atoms with van der Waals surface area (Å²) in [5.74, 6) is -1.21. The Kier molecular flexibility index (Phi) is 6.86. The molecule has 0 radical (unpaired) electrons. The second kappa shape index (κ2) is 8.42. The van der Waals surface area contributed by atoms with E-state index in [9.17, 15) is 9.59 Å². The highest BCUT2D eigenvalue weighted by Gasteiger charge is 2.14. The molecule has 0 aromatic carbocycles. The zero-order valence-electron chi connectivity index (χ0n) is 11.2. The molecule has 0 aliphatic carbocycles. The molecule has 0 bridgehead atoms. The van der Waals surface area contributed by atoms with Crippen molar-refractivity contribution in [3.63, 3.8) is 0 Å². The van der Waals surface area contributed by atoms with E-state index in [4.69, 9.17) is 10.2 Å². The van der Waals surface area contributed by atoms with Crippen molar-refractivity contribution in [1.29, 1.82) is 0 Å². The van der Waals surface area contributed by atoms with Crippen LogP contribution in [0.5, 0.6) is 0 Å². The summed E-state index contributed by atoms with van der Waals surface area (Å²) >= 11 is 1.58. The third-order valence-corrected chi connectivity index (χ3v) is 3.37. The highest BCUT2D eigenvalue weighted by molar-refractivity contribution is 7.98. The van der Waals surface area contributed by atoms with Gasteiger partial charge in [-0.25, -0.2) is 9.59 Å². The Morgan fingerprint density at radius 1 is 1.55 bits per heavy atom. The zero-order valence-corrected chi connectivity index (χ0v) is 12.0. The molecule has 1 atom stereocenters. The van der Waals surface area contributed by atoms with E-state index in [-0.39, 0.29) is 5.70 Å². The molecule has 1 aliphatic rings. The smallest absolute Gasteiger partial charge is 0.351 e. The molecule has 1 aliphatic heterocycles. The summed E-state index contributed by atoms with van der Waals surface area (Å²) in [6.07, 6.45) is 7.74. The Morgan fingerprint density at radius 3 is 2.90 bits per heavy atom. The maximum Gasteiger partial charge on any atom is 0.351 e. The predicted molar refractivity (Wildman–Crippen MR) is 79.3 cm³/mol. The van der Waals surface area contributed by atoms with Gasteiger partial charge in [0.15, 0.2) is 0 Å². The Hall–Kier alpha value is -1.76. The molecule has 1 unspecified atom stereocenters. The lowest BCUT2D eigenvalue weighted by Gasteiger charge is -2.14. The van der Waals surface area contributed by atoms with E-state index >= 15 is 0 Å². The summed E-state index contributed by atoms with van der Waals surface area (Å²) in [5.41, 5.74) is 0.965. The van der Waals surface area contributed by atoms with E-state index in [0.29, 0.717) is 19.4 Å². The number of hydrogen-bond acceptors (Lipinski definition) is 5. The van der Waals surface area contributed by atoms with Crippen molar-refractivity contribution in [2.75, 3.05) is 18.6 Å². The van der Waals surface area contributed by atoms with Crippen molar-refractivity contribution in [3.05, 3.63) is 23.4 Å². The Bertz CT molecular complexity index is 457. The monoisotopic (exact) mass is 298 g/mol. The summed E-state index contributed by atoms with van der Waals surface area (Å²) in [6.45, 7) is 0.548. The molecular weight excluding hydrogens is 280 g/mol. The summed E-state index contributed by atoms with van der Waals surface area (Å²) in [4.78, 5) is 25.8. The number of carboxylic acids is 2. The molecule has 20 heavy (non-hydrogen) atoms. The fraction of sp³-hybridized carbons (Fsp3) is 0.462. The third-order valence-electron chi connectivity index (χ3n) is 2.72. The molecule has 0 amide bonds.